The summed E-state index contributed by atoms with van der Waals surface area (Å²) in [6, 6.07) is 5.04. The van der Waals surface area contributed by atoms with Crippen LogP contribution in [0.15, 0.2) is 23.1 Å². The number of sulfonamides is 1. The van der Waals surface area contributed by atoms with Crippen LogP contribution in [0, 0.1) is 0 Å². The number of benzene rings is 1. The van der Waals surface area contributed by atoms with Crippen molar-refractivity contribution in [2.45, 2.75) is 50.0 Å². The Kier molecular flexibility index (Phi) is 4.94. The molecule has 1 fully saturated rings. The first-order valence-corrected chi connectivity index (χ1v) is 10.0. The Labute approximate surface area is 143 Å². The summed E-state index contributed by atoms with van der Waals surface area (Å²) in [7, 11) is -3.59. The van der Waals surface area contributed by atoms with Gasteiger partial charge in [0.1, 0.15) is 0 Å². The summed E-state index contributed by atoms with van der Waals surface area (Å²) in [6.45, 7) is 3.01. The maximum atomic E-state index is 13.1. The van der Waals surface area contributed by atoms with Gasteiger partial charge >= 0.3 is 0 Å². The van der Waals surface area contributed by atoms with Crippen molar-refractivity contribution in [3.05, 3.63) is 23.8 Å². The molecule has 1 aromatic carbocycles. The summed E-state index contributed by atoms with van der Waals surface area (Å²) in [6.07, 6.45) is 4.45. The molecule has 0 aromatic heterocycles. The highest BCUT2D eigenvalue weighted by Crippen LogP contribution is 2.32. The lowest BCUT2D eigenvalue weighted by atomic mass is 10.0. The van der Waals surface area contributed by atoms with Crippen LogP contribution in [0.1, 0.15) is 38.2 Å². The van der Waals surface area contributed by atoms with Crippen molar-refractivity contribution >= 4 is 21.6 Å². The van der Waals surface area contributed by atoms with E-state index in [1.165, 1.54) is 6.92 Å². The van der Waals surface area contributed by atoms with Gasteiger partial charge in [-0.15, -0.1) is 0 Å². The molecule has 1 atom stereocenters. The molecule has 7 heteroatoms. The highest BCUT2D eigenvalue weighted by molar-refractivity contribution is 7.89. The van der Waals surface area contributed by atoms with Gasteiger partial charge in [-0.2, -0.15) is 4.31 Å². The maximum absolute atomic E-state index is 13.1. The lowest BCUT2D eigenvalue weighted by Crippen LogP contribution is -2.47. The van der Waals surface area contributed by atoms with Gasteiger partial charge in [0, 0.05) is 38.3 Å². The summed E-state index contributed by atoms with van der Waals surface area (Å²) in [5, 5.41) is 0. The Morgan fingerprint density at radius 3 is 2.75 bits per heavy atom. The normalized spacial score (nSPS) is 22.2. The second-order valence-corrected chi connectivity index (χ2v) is 8.46. The third-order valence-corrected chi connectivity index (χ3v) is 6.96. The molecule has 0 aliphatic carbocycles. The van der Waals surface area contributed by atoms with Crippen molar-refractivity contribution in [2.75, 3.05) is 24.5 Å². The Morgan fingerprint density at radius 2 is 2.04 bits per heavy atom. The summed E-state index contributed by atoms with van der Waals surface area (Å²) in [5.41, 5.74) is 7.55. The SMILES string of the molecule is CC(=O)N1CCCc2ccc(S(=O)(=O)N3CCCCC3CN)cc21. The van der Waals surface area contributed by atoms with E-state index < -0.39 is 10.0 Å². The third-order valence-electron chi connectivity index (χ3n) is 5.01. The number of amides is 1. The van der Waals surface area contributed by atoms with E-state index in [0.29, 0.717) is 19.6 Å². The van der Waals surface area contributed by atoms with Crippen LogP contribution in [0.25, 0.3) is 0 Å². The maximum Gasteiger partial charge on any atom is 0.243 e. The molecule has 2 N–H and O–H groups in total. The van der Waals surface area contributed by atoms with E-state index in [1.807, 2.05) is 6.07 Å². The smallest absolute Gasteiger partial charge is 0.243 e. The molecule has 1 saturated heterocycles. The van der Waals surface area contributed by atoms with Crippen LogP contribution in [0.3, 0.4) is 0 Å². The molecular weight excluding hydrogens is 326 g/mol. The lowest BCUT2D eigenvalue weighted by Gasteiger charge is -2.34. The predicted octanol–water partition coefficient (Wildman–Crippen LogP) is 1.49. The highest BCUT2D eigenvalue weighted by atomic mass is 32.2. The van der Waals surface area contributed by atoms with Crippen LogP contribution in [-0.2, 0) is 21.2 Å². The average Bonchev–Trinajstić information content (AvgIpc) is 2.60. The van der Waals surface area contributed by atoms with Gasteiger partial charge in [0.05, 0.1) is 4.90 Å². The van der Waals surface area contributed by atoms with Crippen molar-refractivity contribution in [3.63, 3.8) is 0 Å². The van der Waals surface area contributed by atoms with Crippen LogP contribution >= 0.6 is 0 Å². The average molecular weight is 351 g/mol. The van der Waals surface area contributed by atoms with Crippen molar-refractivity contribution < 1.29 is 13.2 Å². The minimum absolute atomic E-state index is 0.0525. The summed E-state index contributed by atoms with van der Waals surface area (Å²) in [5.74, 6) is -0.0525. The van der Waals surface area contributed by atoms with Crippen LogP contribution in [0.2, 0.25) is 0 Å². The van der Waals surface area contributed by atoms with Crippen molar-refractivity contribution in [2.24, 2.45) is 5.73 Å². The monoisotopic (exact) mass is 351 g/mol. The molecule has 1 unspecified atom stereocenters. The molecule has 1 aromatic rings. The standard InChI is InChI=1S/C17H25N3O3S/c1-13(21)19-9-4-5-14-7-8-16(11-17(14)19)24(22,23)20-10-3-2-6-15(20)12-18/h7-8,11,15H,2-6,9-10,12,18H2,1H3. The van der Waals surface area contributed by atoms with Gasteiger partial charge in [-0.05, 0) is 43.4 Å². The van der Waals surface area contributed by atoms with Gasteiger partial charge in [0.25, 0.3) is 0 Å². The van der Waals surface area contributed by atoms with Gasteiger partial charge in [-0.1, -0.05) is 12.5 Å². The molecule has 0 radical (unpaired) electrons. The molecule has 6 nitrogen and oxygen atoms in total. The van der Waals surface area contributed by atoms with Crippen LogP contribution in [0.5, 0.6) is 0 Å². The van der Waals surface area contributed by atoms with Crippen molar-refractivity contribution in [3.8, 4) is 0 Å². The first-order chi connectivity index (χ1) is 11.4. The number of nitrogens with zero attached hydrogens (tertiary/aromatic N) is 2. The quantitative estimate of drug-likeness (QED) is 0.894. The topological polar surface area (TPSA) is 83.7 Å². The van der Waals surface area contributed by atoms with E-state index >= 15 is 0 Å². The Balaban J connectivity index is 2.00. The zero-order valence-electron chi connectivity index (χ0n) is 14.1. The third kappa shape index (κ3) is 3.08. The van der Waals surface area contributed by atoms with E-state index in [-0.39, 0.29) is 16.8 Å². The largest absolute Gasteiger partial charge is 0.329 e. The fourth-order valence-corrected chi connectivity index (χ4v) is 5.43. The van der Waals surface area contributed by atoms with E-state index in [0.717, 1.165) is 43.4 Å². The molecule has 2 aliphatic rings. The second-order valence-electron chi connectivity index (χ2n) is 6.57. The molecule has 0 saturated carbocycles. The Bertz CT molecular complexity index is 733. The molecular formula is C17H25N3O3S. The van der Waals surface area contributed by atoms with Gasteiger partial charge < -0.3 is 10.6 Å². The molecule has 1 amide bonds. The van der Waals surface area contributed by atoms with Crippen molar-refractivity contribution in [1.82, 2.24) is 4.31 Å². The van der Waals surface area contributed by atoms with E-state index in [1.54, 1.807) is 21.3 Å². The van der Waals surface area contributed by atoms with Gasteiger partial charge in [-0.3, -0.25) is 4.79 Å². The Morgan fingerprint density at radius 1 is 1.25 bits per heavy atom. The highest BCUT2D eigenvalue weighted by Gasteiger charge is 2.33. The lowest BCUT2D eigenvalue weighted by molar-refractivity contribution is -0.116. The molecule has 2 heterocycles. The number of carbonyl (C=O) groups is 1. The number of rotatable bonds is 3. The van der Waals surface area contributed by atoms with E-state index in [2.05, 4.69) is 0 Å². The first kappa shape index (κ1) is 17.4. The van der Waals surface area contributed by atoms with Gasteiger partial charge in [0.15, 0.2) is 0 Å². The summed E-state index contributed by atoms with van der Waals surface area (Å²) in [4.78, 5) is 13.8. The molecule has 24 heavy (non-hydrogen) atoms. The number of carbonyl (C=O) groups excluding carboxylic acids is 1. The van der Waals surface area contributed by atoms with Crippen molar-refractivity contribution in [1.29, 1.82) is 0 Å². The number of anilines is 1. The number of hydrogen-bond donors (Lipinski definition) is 1. The van der Waals surface area contributed by atoms with E-state index in [9.17, 15) is 13.2 Å². The van der Waals surface area contributed by atoms with E-state index in [4.69, 9.17) is 5.73 Å². The van der Waals surface area contributed by atoms with Gasteiger partial charge in [0.2, 0.25) is 15.9 Å². The number of hydrogen-bond acceptors (Lipinski definition) is 4. The number of nitrogens with two attached hydrogens (primary N) is 1. The van der Waals surface area contributed by atoms with Crippen LogP contribution in [-0.4, -0.2) is 44.3 Å². The van der Waals surface area contributed by atoms with Crippen LogP contribution in [0.4, 0.5) is 5.69 Å². The fraction of sp³-hybridized carbons (Fsp3) is 0.588. The molecule has 132 valence electrons. The number of aryl methyl sites for hydroxylation is 1. The minimum atomic E-state index is -3.59. The van der Waals surface area contributed by atoms with Crippen LogP contribution < -0.4 is 10.6 Å². The summed E-state index contributed by atoms with van der Waals surface area (Å²) >= 11 is 0. The number of piperidine rings is 1. The zero-order chi connectivity index (χ0) is 17.3. The minimum Gasteiger partial charge on any atom is -0.329 e. The first-order valence-electron chi connectivity index (χ1n) is 8.58. The fourth-order valence-electron chi connectivity index (χ4n) is 3.70. The summed E-state index contributed by atoms with van der Waals surface area (Å²) < 4.78 is 27.7. The predicted molar refractivity (Wildman–Crippen MR) is 93.4 cm³/mol. The number of fused-ring (bicyclic) bond motifs is 1. The molecule has 0 bridgehead atoms. The Hall–Kier alpha value is -1.44. The molecule has 3 rings (SSSR count). The molecule has 2 aliphatic heterocycles. The zero-order valence-corrected chi connectivity index (χ0v) is 14.9. The molecule has 0 spiro atoms. The second kappa shape index (κ2) is 6.82. The van der Waals surface area contributed by atoms with Gasteiger partial charge in [-0.25, -0.2) is 8.42 Å².